The SMILES string of the molecule is COC(=O)N[C@H](C(=O)N[C@@H](Cc1ccccc1)C[C@H](O)[C@H](Cc1ccc(-c2ccc(C)nc2)cc1)NC(=O)[C@@H](NC(=O)O)C(C)(C)C)C(C)(C)C. The maximum Gasteiger partial charge on any atom is 0.407 e. The van der Waals surface area contributed by atoms with E-state index < -0.39 is 65.1 Å². The molecule has 1 aromatic heterocycles. The molecular formula is C39H53N5O7. The number of aromatic nitrogens is 1. The number of aliphatic hydroxyl groups is 1. The Morgan fingerprint density at radius 1 is 0.725 bits per heavy atom. The van der Waals surface area contributed by atoms with Gasteiger partial charge < -0.3 is 36.2 Å². The van der Waals surface area contributed by atoms with Crippen LogP contribution in [0.4, 0.5) is 9.59 Å². The summed E-state index contributed by atoms with van der Waals surface area (Å²) < 4.78 is 4.77. The van der Waals surface area contributed by atoms with Crippen LogP contribution in [0.15, 0.2) is 72.9 Å². The number of nitrogens with one attached hydrogen (secondary N) is 4. The molecule has 0 aliphatic heterocycles. The Bertz CT molecular complexity index is 1600. The van der Waals surface area contributed by atoms with Crippen LogP contribution in [0.1, 0.15) is 64.8 Å². The van der Waals surface area contributed by atoms with Crippen LogP contribution in [0.25, 0.3) is 11.1 Å². The Labute approximate surface area is 300 Å². The largest absolute Gasteiger partial charge is 0.465 e. The van der Waals surface area contributed by atoms with Gasteiger partial charge in [0.05, 0.1) is 19.3 Å². The van der Waals surface area contributed by atoms with E-state index in [1.54, 1.807) is 27.0 Å². The van der Waals surface area contributed by atoms with E-state index in [2.05, 4.69) is 26.3 Å². The summed E-state index contributed by atoms with van der Waals surface area (Å²) in [7, 11) is 1.22. The minimum Gasteiger partial charge on any atom is -0.465 e. The number of aliphatic hydroxyl groups excluding tert-OH is 1. The molecule has 2 aromatic carbocycles. The number of aryl methyl sites for hydroxylation is 1. The highest BCUT2D eigenvalue weighted by molar-refractivity contribution is 5.87. The molecule has 276 valence electrons. The summed E-state index contributed by atoms with van der Waals surface area (Å²) in [6, 6.07) is 17.5. The predicted molar refractivity (Wildman–Crippen MR) is 196 cm³/mol. The lowest BCUT2D eigenvalue weighted by atomic mass is 9.85. The number of benzene rings is 2. The molecule has 12 nitrogen and oxygen atoms in total. The lowest BCUT2D eigenvalue weighted by Gasteiger charge is -2.34. The van der Waals surface area contributed by atoms with Gasteiger partial charge in [-0.2, -0.15) is 0 Å². The van der Waals surface area contributed by atoms with Gasteiger partial charge in [0, 0.05) is 23.5 Å². The zero-order valence-corrected chi connectivity index (χ0v) is 30.8. The Morgan fingerprint density at radius 2 is 1.27 bits per heavy atom. The summed E-state index contributed by atoms with van der Waals surface area (Å²) in [5, 5.41) is 32.3. The van der Waals surface area contributed by atoms with Crippen LogP contribution in [0.2, 0.25) is 0 Å². The van der Waals surface area contributed by atoms with Crippen LogP contribution < -0.4 is 21.3 Å². The summed E-state index contributed by atoms with van der Waals surface area (Å²) in [5.41, 5.74) is 3.07. The molecule has 5 atom stereocenters. The van der Waals surface area contributed by atoms with Crippen molar-refractivity contribution in [1.29, 1.82) is 0 Å². The molecule has 0 fully saturated rings. The highest BCUT2D eigenvalue weighted by Crippen LogP contribution is 2.24. The molecule has 0 saturated heterocycles. The Hall–Kier alpha value is -4.97. The fourth-order valence-electron chi connectivity index (χ4n) is 5.76. The first-order chi connectivity index (χ1) is 23.9. The molecule has 0 radical (unpaired) electrons. The van der Waals surface area contributed by atoms with E-state index in [0.29, 0.717) is 6.42 Å². The Morgan fingerprint density at radius 3 is 1.80 bits per heavy atom. The van der Waals surface area contributed by atoms with Gasteiger partial charge in [-0.05, 0) is 59.8 Å². The minimum absolute atomic E-state index is 0.0281. The van der Waals surface area contributed by atoms with Crippen LogP contribution in [0, 0.1) is 17.8 Å². The molecular weight excluding hydrogens is 650 g/mol. The van der Waals surface area contributed by atoms with E-state index in [9.17, 15) is 29.4 Å². The number of alkyl carbamates (subject to hydrolysis) is 1. The van der Waals surface area contributed by atoms with Crippen molar-refractivity contribution in [2.75, 3.05) is 7.11 Å². The van der Waals surface area contributed by atoms with E-state index in [-0.39, 0.29) is 12.8 Å². The molecule has 6 N–H and O–H groups in total. The maximum absolute atomic E-state index is 13.7. The lowest BCUT2D eigenvalue weighted by molar-refractivity contribution is -0.128. The third-order valence-corrected chi connectivity index (χ3v) is 8.62. The van der Waals surface area contributed by atoms with Crippen molar-refractivity contribution in [1.82, 2.24) is 26.3 Å². The van der Waals surface area contributed by atoms with Gasteiger partial charge in [0.25, 0.3) is 0 Å². The van der Waals surface area contributed by atoms with Gasteiger partial charge in [0.15, 0.2) is 0 Å². The van der Waals surface area contributed by atoms with Gasteiger partial charge in [0.2, 0.25) is 11.8 Å². The first-order valence-electron chi connectivity index (χ1n) is 17.1. The molecule has 0 saturated carbocycles. The van der Waals surface area contributed by atoms with E-state index in [0.717, 1.165) is 27.9 Å². The number of rotatable bonds is 14. The van der Waals surface area contributed by atoms with Gasteiger partial charge in [-0.15, -0.1) is 0 Å². The Balaban J connectivity index is 1.95. The molecule has 0 aliphatic carbocycles. The van der Waals surface area contributed by atoms with Crippen LogP contribution >= 0.6 is 0 Å². The van der Waals surface area contributed by atoms with Crippen LogP contribution in [0.5, 0.6) is 0 Å². The van der Waals surface area contributed by atoms with Crippen LogP contribution in [0.3, 0.4) is 0 Å². The van der Waals surface area contributed by atoms with Crippen molar-refractivity contribution in [3.05, 3.63) is 89.7 Å². The average Bonchev–Trinajstić information content (AvgIpc) is 3.05. The minimum atomic E-state index is -1.34. The monoisotopic (exact) mass is 703 g/mol. The number of nitrogens with zero attached hydrogens (tertiary/aromatic N) is 1. The van der Waals surface area contributed by atoms with Gasteiger partial charge >= 0.3 is 12.2 Å². The molecule has 0 bridgehead atoms. The first kappa shape index (κ1) is 40.5. The van der Waals surface area contributed by atoms with Gasteiger partial charge in [-0.1, -0.05) is 102 Å². The smallest absolute Gasteiger partial charge is 0.407 e. The third kappa shape index (κ3) is 12.7. The number of hydrogen-bond acceptors (Lipinski definition) is 7. The molecule has 12 heteroatoms. The second-order valence-electron chi connectivity index (χ2n) is 15.1. The van der Waals surface area contributed by atoms with E-state index in [1.165, 1.54) is 7.11 Å². The van der Waals surface area contributed by atoms with Crippen molar-refractivity contribution >= 4 is 24.0 Å². The number of pyridine rings is 1. The van der Waals surface area contributed by atoms with Crippen LogP contribution in [-0.2, 0) is 27.2 Å². The van der Waals surface area contributed by atoms with Crippen molar-refractivity contribution in [2.24, 2.45) is 10.8 Å². The zero-order chi connectivity index (χ0) is 37.9. The summed E-state index contributed by atoms with van der Waals surface area (Å²) in [5.74, 6) is -1.05. The number of ether oxygens (including phenoxy) is 1. The molecule has 0 aliphatic rings. The number of amides is 4. The molecule has 4 amide bonds. The second-order valence-corrected chi connectivity index (χ2v) is 15.1. The van der Waals surface area contributed by atoms with Crippen molar-refractivity contribution in [3.63, 3.8) is 0 Å². The molecule has 0 spiro atoms. The molecule has 3 aromatic rings. The summed E-state index contributed by atoms with van der Waals surface area (Å²) in [6.45, 7) is 12.6. The third-order valence-electron chi connectivity index (χ3n) is 8.62. The topological polar surface area (TPSA) is 179 Å². The molecule has 3 rings (SSSR count). The second kappa shape index (κ2) is 17.8. The Kier molecular flexibility index (Phi) is 14.1. The van der Waals surface area contributed by atoms with Crippen molar-refractivity contribution in [3.8, 4) is 11.1 Å². The van der Waals surface area contributed by atoms with Gasteiger partial charge in [0.1, 0.15) is 12.1 Å². The maximum atomic E-state index is 13.7. The number of carbonyl (C=O) groups excluding carboxylic acids is 3. The number of methoxy groups -OCH3 is 1. The van der Waals surface area contributed by atoms with E-state index in [4.69, 9.17) is 4.74 Å². The van der Waals surface area contributed by atoms with Gasteiger partial charge in [-0.25, -0.2) is 9.59 Å². The fourth-order valence-corrected chi connectivity index (χ4v) is 5.76. The fraction of sp³-hybridized carbons (Fsp3) is 0.462. The van der Waals surface area contributed by atoms with Crippen molar-refractivity contribution < 1.29 is 34.1 Å². The average molecular weight is 704 g/mol. The predicted octanol–water partition coefficient (Wildman–Crippen LogP) is 5.02. The standard InChI is InChI=1S/C39H53N5O7/c1-24-14-17-28(23-40-24)27-18-15-26(16-19-27)21-30(42-35(47)32(38(2,3)4)43-36(48)49)31(45)22-29(20-25-12-10-9-11-13-25)41-34(46)33(39(5,6)7)44-37(50)51-8/h9-19,23,29-33,43,45H,20-22H2,1-8H3,(H,41,46)(H,42,47)(H,44,50)(H,48,49)/t29-,30-,31-,32+,33+/m0/s1. The zero-order valence-electron chi connectivity index (χ0n) is 30.8. The molecule has 0 unspecified atom stereocenters. The molecule has 1 heterocycles. The van der Waals surface area contributed by atoms with E-state index in [1.807, 2.05) is 94.4 Å². The number of hydrogen-bond donors (Lipinski definition) is 6. The van der Waals surface area contributed by atoms with Crippen LogP contribution in [-0.4, -0.2) is 76.6 Å². The van der Waals surface area contributed by atoms with Gasteiger partial charge in [-0.3, -0.25) is 14.6 Å². The lowest BCUT2D eigenvalue weighted by Crippen LogP contribution is -2.58. The molecule has 51 heavy (non-hydrogen) atoms. The highest BCUT2D eigenvalue weighted by atomic mass is 16.5. The quantitative estimate of drug-likeness (QED) is 0.136. The highest BCUT2D eigenvalue weighted by Gasteiger charge is 2.37. The van der Waals surface area contributed by atoms with E-state index >= 15 is 0 Å². The summed E-state index contributed by atoms with van der Waals surface area (Å²) in [4.78, 5) is 55.6. The normalized spacial score (nSPS) is 14.6. The van der Waals surface area contributed by atoms with Crippen molar-refractivity contribution in [2.45, 2.75) is 98.0 Å². The number of carboxylic acid groups (broad SMARTS) is 1. The number of carbonyl (C=O) groups is 4. The summed E-state index contributed by atoms with van der Waals surface area (Å²) in [6.07, 6.45) is -0.890. The first-order valence-corrected chi connectivity index (χ1v) is 17.1. The summed E-state index contributed by atoms with van der Waals surface area (Å²) >= 11 is 0.